The van der Waals surface area contributed by atoms with Crippen LogP contribution in [0.25, 0.3) is 5.69 Å². The number of hydrogen-bond donors (Lipinski definition) is 1. The third-order valence-corrected chi connectivity index (χ3v) is 5.69. The molecule has 1 aromatic heterocycles. The molecule has 28 heavy (non-hydrogen) atoms. The number of hydrogen-bond acceptors (Lipinski definition) is 5. The molecule has 3 amide bonds. The molecule has 4 rings (SSSR count). The van der Waals surface area contributed by atoms with E-state index in [1.165, 1.54) is 6.33 Å². The number of likely N-dealkylation sites (tertiary alicyclic amines) is 1. The van der Waals surface area contributed by atoms with Crippen LogP contribution in [0.5, 0.6) is 0 Å². The largest absolute Gasteiger partial charge is 0.348 e. The molecule has 8 heteroatoms. The SMILES string of the molecule is CC(NC(=O)CN1C(=O)C2CCCCC2C1=O)c1ccc(-n2cncn2)cc1. The van der Waals surface area contributed by atoms with E-state index in [4.69, 9.17) is 0 Å². The zero-order valence-corrected chi connectivity index (χ0v) is 15.7. The number of imide groups is 1. The summed E-state index contributed by atoms with van der Waals surface area (Å²) in [6.45, 7) is 1.67. The first-order chi connectivity index (χ1) is 13.5. The highest BCUT2D eigenvalue weighted by atomic mass is 16.2. The molecule has 146 valence electrons. The van der Waals surface area contributed by atoms with Crippen LogP contribution in [0.2, 0.25) is 0 Å². The van der Waals surface area contributed by atoms with Crippen LogP contribution in [0.1, 0.15) is 44.2 Å². The van der Waals surface area contributed by atoms with Crippen molar-refractivity contribution in [3.8, 4) is 5.69 Å². The molecule has 1 aliphatic carbocycles. The van der Waals surface area contributed by atoms with E-state index in [9.17, 15) is 14.4 Å². The zero-order valence-electron chi connectivity index (χ0n) is 15.7. The van der Waals surface area contributed by atoms with Gasteiger partial charge in [0, 0.05) is 0 Å². The summed E-state index contributed by atoms with van der Waals surface area (Å²) in [7, 11) is 0. The predicted octanol–water partition coefficient (Wildman–Crippen LogP) is 1.62. The molecule has 8 nitrogen and oxygen atoms in total. The standard InChI is InChI=1S/C20H23N5O3/c1-13(14-6-8-15(9-7-14)25-12-21-11-22-25)23-18(26)10-24-19(27)16-4-2-3-5-17(16)20(24)28/h6-9,11-13,16-17H,2-5,10H2,1H3,(H,23,26). The monoisotopic (exact) mass is 381 g/mol. The minimum atomic E-state index is -0.326. The van der Waals surface area contributed by atoms with E-state index in [0.717, 1.165) is 41.8 Å². The fourth-order valence-corrected chi connectivity index (χ4v) is 4.16. The lowest BCUT2D eigenvalue weighted by molar-refractivity contribution is -0.143. The molecule has 1 saturated carbocycles. The van der Waals surface area contributed by atoms with Gasteiger partial charge in [0.05, 0.1) is 23.6 Å². The van der Waals surface area contributed by atoms with Crippen molar-refractivity contribution in [3.05, 3.63) is 42.5 Å². The van der Waals surface area contributed by atoms with Crippen molar-refractivity contribution in [2.45, 2.75) is 38.6 Å². The van der Waals surface area contributed by atoms with Gasteiger partial charge in [0.25, 0.3) is 0 Å². The molecule has 3 atom stereocenters. The summed E-state index contributed by atoms with van der Waals surface area (Å²) in [6, 6.07) is 7.36. The summed E-state index contributed by atoms with van der Waals surface area (Å²) < 4.78 is 1.65. The van der Waals surface area contributed by atoms with Crippen LogP contribution in [-0.4, -0.2) is 43.9 Å². The van der Waals surface area contributed by atoms with Crippen LogP contribution in [0.4, 0.5) is 0 Å². The van der Waals surface area contributed by atoms with Crippen molar-refractivity contribution in [1.29, 1.82) is 0 Å². The fourth-order valence-electron chi connectivity index (χ4n) is 4.16. The van der Waals surface area contributed by atoms with E-state index in [1.54, 1.807) is 11.0 Å². The molecule has 2 aliphatic rings. The highest BCUT2D eigenvalue weighted by molar-refractivity contribution is 6.07. The number of rotatable bonds is 5. The Balaban J connectivity index is 1.37. The Labute approximate surface area is 162 Å². The van der Waals surface area contributed by atoms with E-state index < -0.39 is 0 Å². The van der Waals surface area contributed by atoms with Gasteiger partial charge in [0.2, 0.25) is 17.7 Å². The average Bonchev–Trinajstić information content (AvgIpc) is 3.32. The van der Waals surface area contributed by atoms with Gasteiger partial charge in [-0.25, -0.2) is 9.67 Å². The van der Waals surface area contributed by atoms with Gasteiger partial charge < -0.3 is 5.32 Å². The molecule has 2 heterocycles. The lowest BCUT2D eigenvalue weighted by Crippen LogP contribution is -2.41. The number of nitrogens with zero attached hydrogens (tertiary/aromatic N) is 4. The fraction of sp³-hybridized carbons (Fsp3) is 0.450. The molecule has 0 radical (unpaired) electrons. The van der Waals surface area contributed by atoms with Crippen LogP contribution in [-0.2, 0) is 14.4 Å². The van der Waals surface area contributed by atoms with Crippen LogP contribution >= 0.6 is 0 Å². The number of carbonyl (C=O) groups excluding carboxylic acids is 3. The van der Waals surface area contributed by atoms with Gasteiger partial charge in [-0.15, -0.1) is 0 Å². The van der Waals surface area contributed by atoms with Crippen molar-refractivity contribution in [2.24, 2.45) is 11.8 Å². The molecule has 0 bridgehead atoms. The Bertz CT molecular complexity index is 854. The van der Waals surface area contributed by atoms with Crippen LogP contribution in [0.3, 0.4) is 0 Å². The number of aromatic nitrogens is 3. The van der Waals surface area contributed by atoms with E-state index in [1.807, 2.05) is 31.2 Å². The number of carbonyl (C=O) groups is 3. The lowest BCUT2D eigenvalue weighted by atomic mass is 9.81. The Hall–Kier alpha value is -3.03. The Morgan fingerprint density at radius 1 is 1.14 bits per heavy atom. The molecule has 2 fully saturated rings. The maximum absolute atomic E-state index is 12.5. The van der Waals surface area contributed by atoms with E-state index in [0.29, 0.717) is 0 Å². The third kappa shape index (κ3) is 3.42. The van der Waals surface area contributed by atoms with E-state index >= 15 is 0 Å². The van der Waals surface area contributed by atoms with Crippen molar-refractivity contribution in [3.63, 3.8) is 0 Å². The molecule has 1 aromatic carbocycles. The summed E-state index contributed by atoms with van der Waals surface area (Å²) in [5, 5.41) is 6.96. The molecule has 2 aromatic rings. The van der Waals surface area contributed by atoms with Crippen molar-refractivity contribution < 1.29 is 14.4 Å². The van der Waals surface area contributed by atoms with Crippen LogP contribution < -0.4 is 5.32 Å². The van der Waals surface area contributed by atoms with Crippen molar-refractivity contribution >= 4 is 17.7 Å². The third-order valence-electron chi connectivity index (χ3n) is 5.69. The molecule has 1 aliphatic heterocycles. The van der Waals surface area contributed by atoms with Gasteiger partial charge in [0.1, 0.15) is 19.2 Å². The second kappa shape index (κ2) is 7.53. The zero-order chi connectivity index (χ0) is 19.7. The van der Waals surface area contributed by atoms with E-state index in [2.05, 4.69) is 15.4 Å². The summed E-state index contributed by atoms with van der Waals surface area (Å²) >= 11 is 0. The summed E-state index contributed by atoms with van der Waals surface area (Å²) in [5.41, 5.74) is 1.79. The minimum Gasteiger partial charge on any atom is -0.348 e. The quantitative estimate of drug-likeness (QED) is 0.794. The lowest BCUT2D eigenvalue weighted by Gasteiger charge is -2.19. The summed E-state index contributed by atoms with van der Waals surface area (Å²) in [4.78, 5) is 42.5. The van der Waals surface area contributed by atoms with Gasteiger partial charge >= 0.3 is 0 Å². The topological polar surface area (TPSA) is 97.2 Å². The normalized spacial score (nSPS) is 22.8. The van der Waals surface area contributed by atoms with Gasteiger partial charge in [-0.3, -0.25) is 19.3 Å². The summed E-state index contributed by atoms with van der Waals surface area (Å²) in [5.74, 6) is -1.15. The number of fused-ring (bicyclic) bond motifs is 1. The minimum absolute atomic E-state index is 0.185. The van der Waals surface area contributed by atoms with E-state index in [-0.39, 0.29) is 42.1 Å². The molecule has 3 unspecified atom stereocenters. The number of nitrogens with one attached hydrogen (secondary N) is 1. The molecular weight excluding hydrogens is 358 g/mol. The van der Waals surface area contributed by atoms with Gasteiger partial charge in [0.15, 0.2) is 0 Å². The van der Waals surface area contributed by atoms with Crippen molar-refractivity contribution in [1.82, 2.24) is 25.0 Å². The number of benzene rings is 1. The van der Waals surface area contributed by atoms with Crippen molar-refractivity contribution in [2.75, 3.05) is 6.54 Å². The first-order valence-corrected chi connectivity index (χ1v) is 9.64. The highest BCUT2D eigenvalue weighted by Gasteiger charge is 2.48. The molecular formula is C20H23N5O3. The first-order valence-electron chi connectivity index (χ1n) is 9.64. The number of amides is 3. The van der Waals surface area contributed by atoms with Gasteiger partial charge in [-0.05, 0) is 37.5 Å². The molecule has 0 spiro atoms. The maximum atomic E-state index is 12.5. The predicted molar refractivity (Wildman–Crippen MR) is 100 cm³/mol. The summed E-state index contributed by atoms with van der Waals surface area (Å²) in [6.07, 6.45) is 6.53. The van der Waals surface area contributed by atoms with Crippen LogP contribution in [0.15, 0.2) is 36.9 Å². The molecule has 1 N–H and O–H groups in total. The first kappa shape index (κ1) is 18.3. The Morgan fingerprint density at radius 2 is 1.79 bits per heavy atom. The van der Waals surface area contributed by atoms with Gasteiger partial charge in [-0.1, -0.05) is 25.0 Å². The second-order valence-corrected chi connectivity index (χ2v) is 7.48. The molecule has 1 saturated heterocycles. The van der Waals surface area contributed by atoms with Crippen LogP contribution in [0, 0.1) is 11.8 Å². The Morgan fingerprint density at radius 3 is 2.36 bits per heavy atom. The smallest absolute Gasteiger partial charge is 0.240 e. The maximum Gasteiger partial charge on any atom is 0.240 e. The Kier molecular flexibility index (Phi) is 4.93. The average molecular weight is 381 g/mol. The second-order valence-electron chi connectivity index (χ2n) is 7.48. The highest BCUT2D eigenvalue weighted by Crippen LogP contribution is 2.37. The van der Waals surface area contributed by atoms with Gasteiger partial charge in [-0.2, -0.15) is 5.10 Å².